The Labute approximate surface area is 85.5 Å². The van der Waals surface area contributed by atoms with E-state index >= 15 is 0 Å². The molecule has 6 nitrogen and oxygen atoms in total. The molecule has 0 aliphatic carbocycles. The number of hydrogen-bond acceptors (Lipinski definition) is 4. The van der Waals surface area contributed by atoms with E-state index in [1.165, 1.54) is 18.4 Å². The average molecular weight is 225 g/mol. The molecule has 3 N–H and O–H groups in total. The molecule has 7 heteroatoms. The Kier molecular flexibility index (Phi) is 6.21. The molecule has 86 valence electrons. The molecule has 0 aromatic heterocycles. The SMILES string of the molecule is CN(CCO)S(=O)(=O)N(C)CCCN. The molecule has 0 aromatic rings. The summed E-state index contributed by atoms with van der Waals surface area (Å²) < 4.78 is 25.6. The fourth-order valence-electron chi connectivity index (χ4n) is 0.923. The Bertz CT molecular complexity index is 243. The molecule has 0 amide bonds. The molecule has 0 bridgehead atoms. The van der Waals surface area contributed by atoms with E-state index in [-0.39, 0.29) is 13.2 Å². The van der Waals surface area contributed by atoms with E-state index in [4.69, 9.17) is 10.8 Å². The minimum absolute atomic E-state index is 0.106. The zero-order chi connectivity index (χ0) is 11.2. The van der Waals surface area contributed by atoms with Crippen LogP contribution in [0.5, 0.6) is 0 Å². The molecule has 0 aliphatic rings. The van der Waals surface area contributed by atoms with Crippen molar-refractivity contribution in [1.29, 1.82) is 0 Å². The summed E-state index contributed by atoms with van der Waals surface area (Å²) >= 11 is 0. The Morgan fingerprint density at radius 1 is 1.21 bits per heavy atom. The third-order valence-electron chi connectivity index (χ3n) is 1.88. The number of rotatable bonds is 7. The molecule has 0 saturated carbocycles. The van der Waals surface area contributed by atoms with Crippen LogP contribution in [0.1, 0.15) is 6.42 Å². The number of likely N-dealkylation sites (N-methyl/N-ethyl adjacent to an activating group) is 1. The maximum absolute atomic E-state index is 11.6. The summed E-state index contributed by atoms with van der Waals surface area (Å²) in [5.74, 6) is 0. The lowest BCUT2D eigenvalue weighted by Gasteiger charge is -2.23. The molecular formula is C7H19N3O3S. The van der Waals surface area contributed by atoms with Gasteiger partial charge >= 0.3 is 0 Å². The van der Waals surface area contributed by atoms with Gasteiger partial charge in [0.05, 0.1) is 6.61 Å². The van der Waals surface area contributed by atoms with Gasteiger partial charge in [0.25, 0.3) is 10.2 Å². The molecule has 0 radical (unpaired) electrons. The van der Waals surface area contributed by atoms with Crippen molar-refractivity contribution in [3.05, 3.63) is 0 Å². The first-order valence-electron chi connectivity index (χ1n) is 4.45. The second-order valence-electron chi connectivity index (χ2n) is 3.02. The maximum Gasteiger partial charge on any atom is 0.281 e. The first-order chi connectivity index (χ1) is 6.46. The second-order valence-corrected chi connectivity index (χ2v) is 5.16. The summed E-state index contributed by atoms with van der Waals surface area (Å²) in [5.41, 5.74) is 5.28. The summed E-state index contributed by atoms with van der Waals surface area (Å²) in [6.07, 6.45) is 0.628. The van der Waals surface area contributed by atoms with Crippen molar-refractivity contribution in [3.8, 4) is 0 Å². The standard InChI is InChI=1S/C7H19N3O3S/c1-9(5-3-4-8)14(12,13)10(2)6-7-11/h11H,3-8H2,1-2H3. The van der Waals surface area contributed by atoms with E-state index in [1.54, 1.807) is 0 Å². The van der Waals surface area contributed by atoms with Crippen molar-refractivity contribution in [3.63, 3.8) is 0 Å². The Balaban J connectivity index is 4.29. The monoisotopic (exact) mass is 225 g/mol. The summed E-state index contributed by atoms with van der Waals surface area (Å²) in [5, 5.41) is 8.61. The van der Waals surface area contributed by atoms with Crippen LogP contribution < -0.4 is 5.73 Å². The lowest BCUT2D eigenvalue weighted by atomic mass is 10.4. The van der Waals surface area contributed by atoms with Crippen molar-refractivity contribution in [2.24, 2.45) is 5.73 Å². The summed E-state index contributed by atoms with van der Waals surface area (Å²) in [7, 11) is -0.488. The largest absolute Gasteiger partial charge is 0.395 e. The predicted molar refractivity (Wildman–Crippen MR) is 54.9 cm³/mol. The predicted octanol–water partition coefficient (Wildman–Crippen LogP) is -1.56. The third kappa shape index (κ3) is 3.89. The van der Waals surface area contributed by atoms with Crippen LogP contribution in [0.15, 0.2) is 0 Å². The number of hydrogen-bond donors (Lipinski definition) is 2. The summed E-state index contributed by atoms with van der Waals surface area (Å²) in [4.78, 5) is 0. The van der Waals surface area contributed by atoms with Gasteiger partial charge < -0.3 is 10.8 Å². The molecule has 0 aromatic carbocycles. The Hall–Kier alpha value is -0.210. The first-order valence-corrected chi connectivity index (χ1v) is 5.85. The maximum atomic E-state index is 11.6. The molecule has 0 saturated heterocycles. The van der Waals surface area contributed by atoms with Crippen molar-refractivity contribution in [2.45, 2.75) is 6.42 Å². The van der Waals surface area contributed by atoms with E-state index in [0.717, 1.165) is 4.31 Å². The molecule has 0 fully saturated rings. The summed E-state index contributed by atoms with van der Waals surface area (Å²) in [6, 6.07) is 0. The van der Waals surface area contributed by atoms with Crippen molar-refractivity contribution in [1.82, 2.24) is 8.61 Å². The first kappa shape index (κ1) is 13.8. The van der Waals surface area contributed by atoms with E-state index in [9.17, 15) is 8.42 Å². The van der Waals surface area contributed by atoms with Gasteiger partial charge in [-0.05, 0) is 13.0 Å². The highest BCUT2D eigenvalue weighted by Crippen LogP contribution is 2.03. The lowest BCUT2D eigenvalue weighted by Crippen LogP contribution is -2.41. The fourth-order valence-corrected chi connectivity index (χ4v) is 2.07. The molecular weight excluding hydrogens is 206 g/mol. The van der Waals surface area contributed by atoms with E-state index in [1.807, 2.05) is 0 Å². The van der Waals surface area contributed by atoms with Crippen molar-refractivity contribution < 1.29 is 13.5 Å². The van der Waals surface area contributed by atoms with Gasteiger partial charge in [0.1, 0.15) is 0 Å². The highest BCUT2D eigenvalue weighted by molar-refractivity contribution is 7.86. The van der Waals surface area contributed by atoms with Gasteiger partial charge in [-0.2, -0.15) is 17.0 Å². The number of aliphatic hydroxyl groups excluding tert-OH is 1. The van der Waals surface area contributed by atoms with E-state index in [0.29, 0.717) is 19.5 Å². The van der Waals surface area contributed by atoms with Gasteiger partial charge in [0.15, 0.2) is 0 Å². The van der Waals surface area contributed by atoms with Crippen LogP contribution in [-0.2, 0) is 10.2 Å². The van der Waals surface area contributed by atoms with Crippen LogP contribution in [0.2, 0.25) is 0 Å². The fraction of sp³-hybridized carbons (Fsp3) is 1.00. The summed E-state index contributed by atoms with van der Waals surface area (Å²) in [6.45, 7) is 0.786. The highest BCUT2D eigenvalue weighted by Gasteiger charge is 2.22. The zero-order valence-electron chi connectivity index (χ0n) is 8.68. The minimum Gasteiger partial charge on any atom is -0.395 e. The van der Waals surface area contributed by atoms with Crippen LogP contribution in [-0.4, -0.2) is 62.5 Å². The molecule has 0 rings (SSSR count). The molecule has 14 heavy (non-hydrogen) atoms. The Morgan fingerprint density at radius 2 is 1.71 bits per heavy atom. The van der Waals surface area contributed by atoms with Gasteiger partial charge in [0, 0.05) is 27.2 Å². The Morgan fingerprint density at radius 3 is 2.14 bits per heavy atom. The van der Waals surface area contributed by atoms with Gasteiger partial charge in [-0.15, -0.1) is 0 Å². The quantitative estimate of drug-likeness (QED) is 0.548. The molecule has 0 atom stereocenters. The van der Waals surface area contributed by atoms with Gasteiger partial charge in [0.2, 0.25) is 0 Å². The van der Waals surface area contributed by atoms with Gasteiger partial charge in [-0.25, -0.2) is 0 Å². The number of nitrogens with zero attached hydrogens (tertiary/aromatic N) is 2. The van der Waals surface area contributed by atoms with Crippen molar-refractivity contribution >= 4 is 10.2 Å². The topological polar surface area (TPSA) is 86.9 Å². The molecule has 0 spiro atoms. The third-order valence-corrected chi connectivity index (χ3v) is 3.82. The van der Waals surface area contributed by atoms with E-state index < -0.39 is 10.2 Å². The van der Waals surface area contributed by atoms with Crippen LogP contribution in [0, 0.1) is 0 Å². The molecule has 0 heterocycles. The minimum atomic E-state index is -3.42. The van der Waals surface area contributed by atoms with Gasteiger partial charge in [-0.1, -0.05) is 0 Å². The molecule has 0 unspecified atom stereocenters. The van der Waals surface area contributed by atoms with Gasteiger partial charge in [-0.3, -0.25) is 0 Å². The number of aliphatic hydroxyl groups is 1. The highest BCUT2D eigenvalue weighted by atomic mass is 32.2. The van der Waals surface area contributed by atoms with Crippen LogP contribution in [0.4, 0.5) is 0 Å². The smallest absolute Gasteiger partial charge is 0.281 e. The van der Waals surface area contributed by atoms with Crippen LogP contribution in [0.25, 0.3) is 0 Å². The average Bonchev–Trinajstić information content (AvgIpc) is 2.14. The lowest BCUT2D eigenvalue weighted by molar-refractivity contribution is 0.260. The van der Waals surface area contributed by atoms with Crippen LogP contribution >= 0.6 is 0 Å². The molecule has 0 aliphatic heterocycles. The van der Waals surface area contributed by atoms with Crippen LogP contribution in [0.3, 0.4) is 0 Å². The second kappa shape index (κ2) is 6.31. The normalized spacial score (nSPS) is 12.7. The zero-order valence-corrected chi connectivity index (χ0v) is 9.50. The van der Waals surface area contributed by atoms with Crippen molar-refractivity contribution in [2.75, 3.05) is 40.3 Å². The number of nitrogens with two attached hydrogens (primary N) is 1. The van der Waals surface area contributed by atoms with E-state index in [2.05, 4.69) is 0 Å².